The zero-order valence-electron chi connectivity index (χ0n) is 18.9. The van der Waals surface area contributed by atoms with Gasteiger partial charge in [0, 0.05) is 34.1 Å². The molecule has 1 atom stereocenters. The molecule has 1 amide bonds. The van der Waals surface area contributed by atoms with Crippen LogP contribution in [0.2, 0.25) is 5.02 Å². The highest BCUT2D eigenvalue weighted by atomic mass is 35.5. The normalized spacial score (nSPS) is 14.9. The van der Waals surface area contributed by atoms with E-state index in [1.165, 1.54) is 4.88 Å². The summed E-state index contributed by atoms with van der Waals surface area (Å²) in [4.78, 5) is 19.1. The number of aryl methyl sites for hydroxylation is 2. The van der Waals surface area contributed by atoms with Crippen LogP contribution >= 0.6 is 22.9 Å². The van der Waals surface area contributed by atoms with Crippen LogP contribution in [0.4, 0.5) is 0 Å². The van der Waals surface area contributed by atoms with Gasteiger partial charge in [-0.25, -0.2) is 0 Å². The molecule has 3 heterocycles. The molecule has 1 aromatic carbocycles. The fourth-order valence-corrected chi connectivity index (χ4v) is 5.17. The SMILES string of the molecule is Cc1sc2c(c1C)C(c1ccc(Cl)cc1)=N[C@@H](CC(=O)NCCOCCN)c1nnc(C)n1-2. The van der Waals surface area contributed by atoms with Gasteiger partial charge in [-0.1, -0.05) is 23.7 Å². The molecular formula is C23H27ClN6O2S. The number of fused-ring (bicyclic) bond motifs is 3. The number of aromatic nitrogens is 3. The maximum absolute atomic E-state index is 12.8. The second-order valence-electron chi connectivity index (χ2n) is 7.86. The van der Waals surface area contributed by atoms with E-state index >= 15 is 0 Å². The second kappa shape index (κ2) is 10.1. The number of nitrogens with two attached hydrogens (primary N) is 1. The molecular weight excluding hydrogens is 460 g/mol. The largest absolute Gasteiger partial charge is 0.378 e. The lowest BCUT2D eigenvalue weighted by Gasteiger charge is -2.13. The monoisotopic (exact) mass is 486 g/mol. The molecule has 33 heavy (non-hydrogen) atoms. The molecule has 3 aromatic rings. The first kappa shape index (κ1) is 23.6. The Morgan fingerprint density at radius 2 is 1.97 bits per heavy atom. The number of thiophene rings is 1. The average Bonchev–Trinajstić information content (AvgIpc) is 3.26. The van der Waals surface area contributed by atoms with Crippen LogP contribution in [-0.2, 0) is 9.53 Å². The topological polar surface area (TPSA) is 107 Å². The minimum absolute atomic E-state index is 0.124. The first-order valence-electron chi connectivity index (χ1n) is 10.8. The van der Waals surface area contributed by atoms with Gasteiger partial charge in [-0.3, -0.25) is 14.4 Å². The van der Waals surface area contributed by atoms with E-state index in [-0.39, 0.29) is 12.3 Å². The lowest BCUT2D eigenvalue weighted by molar-refractivity contribution is -0.121. The van der Waals surface area contributed by atoms with Crippen molar-refractivity contribution in [3.63, 3.8) is 0 Å². The summed E-state index contributed by atoms with van der Waals surface area (Å²) in [6.45, 7) is 7.88. The molecule has 8 nitrogen and oxygen atoms in total. The lowest BCUT2D eigenvalue weighted by atomic mass is 9.99. The average molecular weight is 487 g/mol. The molecule has 4 rings (SSSR count). The van der Waals surface area contributed by atoms with E-state index in [1.807, 2.05) is 35.8 Å². The molecule has 174 valence electrons. The molecule has 10 heteroatoms. The Labute approximate surface area is 201 Å². The van der Waals surface area contributed by atoms with Gasteiger partial charge in [-0.15, -0.1) is 21.5 Å². The van der Waals surface area contributed by atoms with Crippen LogP contribution in [0, 0.1) is 20.8 Å². The zero-order chi connectivity index (χ0) is 23.5. The van der Waals surface area contributed by atoms with Gasteiger partial charge in [0.05, 0.1) is 25.3 Å². The standard InChI is InChI=1S/C23H27ClN6O2S/c1-13-14(2)33-23-20(13)21(16-4-6-17(24)7-5-16)27-18(22-29-28-15(3)30(22)23)12-19(31)26-9-11-32-10-8-25/h4-7,18H,8-12,25H2,1-3H3,(H,26,31)/t18-/m0/s1. The van der Waals surface area contributed by atoms with Crippen LogP contribution in [0.3, 0.4) is 0 Å². The van der Waals surface area contributed by atoms with Crippen molar-refractivity contribution in [2.24, 2.45) is 10.7 Å². The first-order chi connectivity index (χ1) is 15.9. The smallest absolute Gasteiger partial charge is 0.222 e. The summed E-state index contributed by atoms with van der Waals surface area (Å²) < 4.78 is 7.38. The minimum Gasteiger partial charge on any atom is -0.378 e. The quantitative estimate of drug-likeness (QED) is 0.475. The zero-order valence-corrected chi connectivity index (χ0v) is 20.5. The lowest BCUT2D eigenvalue weighted by Crippen LogP contribution is -2.29. The first-order valence-corrected chi connectivity index (χ1v) is 12.0. The number of nitrogens with one attached hydrogen (secondary N) is 1. The third-order valence-corrected chi connectivity index (χ3v) is 7.01. The van der Waals surface area contributed by atoms with E-state index < -0.39 is 6.04 Å². The van der Waals surface area contributed by atoms with E-state index in [0.29, 0.717) is 37.2 Å². The molecule has 0 bridgehead atoms. The van der Waals surface area contributed by atoms with Gasteiger partial charge in [0.25, 0.3) is 0 Å². The number of carbonyl (C=O) groups excluding carboxylic acids is 1. The Kier molecular flexibility index (Phi) is 7.23. The number of rotatable bonds is 8. The fraction of sp³-hybridized carbons (Fsp3) is 0.391. The van der Waals surface area contributed by atoms with Crippen molar-refractivity contribution >= 4 is 34.6 Å². The van der Waals surface area contributed by atoms with Crippen molar-refractivity contribution in [1.82, 2.24) is 20.1 Å². The fourth-order valence-electron chi connectivity index (χ4n) is 3.83. The molecule has 0 aliphatic carbocycles. The predicted molar refractivity (Wildman–Crippen MR) is 131 cm³/mol. The van der Waals surface area contributed by atoms with Crippen molar-refractivity contribution in [3.8, 4) is 5.00 Å². The summed E-state index contributed by atoms with van der Waals surface area (Å²) in [5.74, 6) is 1.30. The molecule has 3 N–H and O–H groups in total. The third kappa shape index (κ3) is 4.86. The van der Waals surface area contributed by atoms with Crippen molar-refractivity contribution < 1.29 is 9.53 Å². The summed E-state index contributed by atoms with van der Waals surface area (Å²) in [5.41, 5.74) is 9.40. The van der Waals surface area contributed by atoms with Gasteiger partial charge < -0.3 is 15.8 Å². The minimum atomic E-state index is -0.485. The molecule has 0 unspecified atom stereocenters. The number of carbonyl (C=O) groups is 1. The van der Waals surface area contributed by atoms with Crippen LogP contribution in [0.25, 0.3) is 5.00 Å². The van der Waals surface area contributed by atoms with Gasteiger partial charge in [-0.05, 0) is 38.5 Å². The summed E-state index contributed by atoms with van der Waals surface area (Å²) >= 11 is 7.83. The van der Waals surface area contributed by atoms with Crippen LogP contribution in [0.15, 0.2) is 29.3 Å². The van der Waals surface area contributed by atoms with E-state index in [0.717, 1.165) is 33.2 Å². The van der Waals surface area contributed by atoms with E-state index in [1.54, 1.807) is 11.3 Å². The molecule has 0 saturated heterocycles. The summed E-state index contributed by atoms with van der Waals surface area (Å²) in [6.07, 6.45) is 0.152. The Balaban J connectivity index is 1.73. The van der Waals surface area contributed by atoms with Crippen molar-refractivity contribution in [1.29, 1.82) is 0 Å². The van der Waals surface area contributed by atoms with Gasteiger partial charge in [0.2, 0.25) is 5.91 Å². The second-order valence-corrected chi connectivity index (χ2v) is 9.50. The third-order valence-electron chi connectivity index (χ3n) is 5.57. The maximum atomic E-state index is 12.8. The van der Waals surface area contributed by atoms with Gasteiger partial charge in [0.15, 0.2) is 5.82 Å². The Hall–Kier alpha value is -2.59. The molecule has 1 aliphatic rings. The van der Waals surface area contributed by atoms with E-state index in [2.05, 4.69) is 29.4 Å². The number of aliphatic imine (C=N–C) groups is 1. The number of benzene rings is 1. The van der Waals surface area contributed by atoms with Crippen LogP contribution in [0.5, 0.6) is 0 Å². The number of nitrogens with zero attached hydrogens (tertiary/aromatic N) is 4. The highest BCUT2D eigenvalue weighted by Crippen LogP contribution is 2.39. The molecule has 1 aliphatic heterocycles. The highest BCUT2D eigenvalue weighted by molar-refractivity contribution is 7.15. The molecule has 2 aromatic heterocycles. The molecule has 0 spiro atoms. The highest BCUT2D eigenvalue weighted by Gasteiger charge is 2.32. The van der Waals surface area contributed by atoms with Crippen LogP contribution in [-0.4, -0.2) is 52.7 Å². The van der Waals surface area contributed by atoms with Gasteiger partial charge in [0.1, 0.15) is 16.9 Å². The number of hydrogen-bond acceptors (Lipinski definition) is 7. The Morgan fingerprint density at radius 3 is 2.70 bits per heavy atom. The summed E-state index contributed by atoms with van der Waals surface area (Å²) in [5, 5.41) is 13.3. The Morgan fingerprint density at radius 1 is 1.21 bits per heavy atom. The van der Waals surface area contributed by atoms with Gasteiger partial charge in [-0.2, -0.15) is 0 Å². The number of amides is 1. The van der Waals surface area contributed by atoms with E-state index in [4.69, 9.17) is 27.1 Å². The summed E-state index contributed by atoms with van der Waals surface area (Å²) in [7, 11) is 0. The predicted octanol–water partition coefficient (Wildman–Crippen LogP) is 3.28. The number of ether oxygens (including phenoxy) is 1. The van der Waals surface area contributed by atoms with Crippen molar-refractivity contribution in [3.05, 3.63) is 62.5 Å². The molecule has 0 radical (unpaired) electrons. The molecule has 0 fully saturated rings. The van der Waals surface area contributed by atoms with E-state index in [9.17, 15) is 4.79 Å². The number of hydrogen-bond donors (Lipinski definition) is 2. The van der Waals surface area contributed by atoms with Crippen LogP contribution < -0.4 is 11.1 Å². The van der Waals surface area contributed by atoms with Crippen LogP contribution in [0.1, 0.15) is 45.7 Å². The molecule has 0 saturated carbocycles. The number of halogens is 1. The van der Waals surface area contributed by atoms with Gasteiger partial charge >= 0.3 is 0 Å². The van der Waals surface area contributed by atoms with Crippen molar-refractivity contribution in [2.75, 3.05) is 26.3 Å². The summed E-state index contributed by atoms with van der Waals surface area (Å²) in [6, 6.07) is 7.14. The maximum Gasteiger partial charge on any atom is 0.222 e. The Bertz CT molecular complexity index is 1180. The van der Waals surface area contributed by atoms with Crippen molar-refractivity contribution in [2.45, 2.75) is 33.2 Å².